The van der Waals surface area contributed by atoms with Crippen LogP contribution in [-0.4, -0.2) is 0 Å². The van der Waals surface area contributed by atoms with Gasteiger partial charge in [0.15, 0.2) is 23.3 Å². The molecule has 0 atom stereocenters. The van der Waals surface area contributed by atoms with E-state index in [0.29, 0.717) is 0 Å². The third-order valence-electron chi connectivity index (χ3n) is 2.18. The van der Waals surface area contributed by atoms with E-state index in [-0.39, 0.29) is 12.0 Å². The van der Waals surface area contributed by atoms with Gasteiger partial charge in [0.05, 0.1) is 16.7 Å². The fraction of sp³-hybridized carbons (Fsp3) is 0.182. The van der Waals surface area contributed by atoms with Crippen molar-refractivity contribution in [3.8, 4) is 6.07 Å². The molecule has 0 unspecified atom stereocenters. The second kappa shape index (κ2) is 5.36. The molecule has 0 aromatic heterocycles. The van der Waals surface area contributed by atoms with Crippen LogP contribution in [0.4, 0.5) is 22.0 Å². The zero-order valence-corrected chi connectivity index (χ0v) is 9.68. The smallest absolute Gasteiger partial charge is 0.200 e. The monoisotopic (exact) mass is 281 g/mol. The fourth-order valence-corrected chi connectivity index (χ4v) is 1.57. The lowest BCUT2D eigenvalue weighted by Crippen LogP contribution is -2.06. The molecule has 7 heteroatoms. The molecule has 0 amide bonds. The molecule has 1 rings (SSSR count). The van der Waals surface area contributed by atoms with E-state index >= 15 is 0 Å². The highest BCUT2D eigenvalue weighted by molar-refractivity contribution is 6.49. The molecule has 0 bridgehead atoms. The van der Waals surface area contributed by atoms with Gasteiger partial charge in [-0.3, -0.25) is 0 Å². The molecule has 1 nitrogen and oxygen atoms in total. The van der Waals surface area contributed by atoms with Crippen LogP contribution in [0.2, 0.25) is 0 Å². The second-order valence-electron chi connectivity index (χ2n) is 3.20. The molecule has 0 radical (unpaired) electrons. The summed E-state index contributed by atoms with van der Waals surface area (Å²) in [7, 11) is 0. The number of hydrogen-bond acceptors (Lipinski definition) is 1. The average Bonchev–Trinajstić information content (AvgIpc) is 2.36. The Morgan fingerprint density at radius 3 is 1.72 bits per heavy atom. The standard InChI is InChI=1S/C11H5ClF5N/c1-2-4(3-18)6(12)5-7(13)9(15)11(17)10(16)8(5)14/h2H2,1H3. The van der Waals surface area contributed by atoms with E-state index in [0.717, 1.165) is 0 Å². The number of nitriles is 1. The lowest BCUT2D eigenvalue weighted by atomic mass is 10.1. The molecule has 0 saturated carbocycles. The maximum absolute atomic E-state index is 13.3. The summed E-state index contributed by atoms with van der Waals surface area (Å²) in [5.74, 6) is -10.6. The first-order chi connectivity index (χ1) is 8.36. The van der Waals surface area contributed by atoms with Gasteiger partial charge in [0.25, 0.3) is 0 Å². The molecule has 96 valence electrons. The largest absolute Gasteiger partial charge is 0.203 e. The number of allylic oxidation sites excluding steroid dienone is 1. The molecule has 0 N–H and O–H groups in total. The van der Waals surface area contributed by atoms with Crippen molar-refractivity contribution in [1.82, 2.24) is 0 Å². The highest BCUT2D eigenvalue weighted by Crippen LogP contribution is 2.33. The molecule has 18 heavy (non-hydrogen) atoms. The Kier molecular flexibility index (Phi) is 4.30. The van der Waals surface area contributed by atoms with Crippen LogP contribution >= 0.6 is 11.6 Å². The average molecular weight is 282 g/mol. The summed E-state index contributed by atoms with van der Waals surface area (Å²) in [6, 6.07) is 1.53. The molecular formula is C11H5ClF5N. The van der Waals surface area contributed by atoms with Crippen LogP contribution in [0.25, 0.3) is 5.03 Å². The Morgan fingerprint density at radius 1 is 1.00 bits per heavy atom. The maximum Gasteiger partial charge on any atom is 0.200 e. The minimum Gasteiger partial charge on any atom is -0.203 e. The predicted octanol–water partition coefficient (Wildman–Crippen LogP) is 4.27. The van der Waals surface area contributed by atoms with E-state index in [1.54, 1.807) is 0 Å². The van der Waals surface area contributed by atoms with Crippen molar-refractivity contribution < 1.29 is 22.0 Å². The third kappa shape index (κ3) is 2.18. The van der Waals surface area contributed by atoms with Gasteiger partial charge in [0.1, 0.15) is 0 Å². The van der Waals surface area contributed by atoms with Crippen molar-refractivity contribution in [2.24, 2.45) is 0 Å². The summed E-state index contributed by atoms with van der Waals surface area (Å²) in [6.45, 7) is 1.45. The molecule has 0 aliphatic heterocycles. The summed E-state index contributed by atoms with van der Waals surface area (Å²) < 4.78 is 65.3. The minimum absolute atomic E-state index is 0.00513. The Labute approximate surface area is 104 Å². The van der Waals surface area contributed by atoms with Gasteiger partial charge in [0, 0.05) is 5.57 Å². The SMILES string of the molecule is CCC(C#N)=C(Cl)c1c(F)c(F)c(F)c(F)c1F. The van der Waals surface area contributed by atoms with Gasteiger partial charge in [-0.15, -0.1) is 0 Å². The first-order valence-electron chi connectivity index (χ1n) is 4.67. The quantitative estimate of drug-likeness (QED) is 0.344. The molecule has 1 aromatic rings. The van der Waals surface area contributed by atoms with Gasteiger partial charge in [-0.25, -0.2) is 22.0 Å². The van der Waals surface area contributed by atoms with Crippen molar-refractivity contribution in [3.63, 3.8) is 0 Å². The predicted molar refractivity (Wildman–Crippen MR) is 54.9 cm³/mol. The number of hydrogen-bond donors (Lipinski definition) is 0. The summed E-state index contributed by atoms with van der Waals surface area (Å²) in [6.07, 6.45) is -0.00513. The van der Waals surface area contributed by atoms with E-state index in [1.807, 2.05) is 0 Å². The van der Waals surface area contributed by atoms with Gasteiger partial charge >= 0.3 is 0 Å². The molecule has 0 heterocycles. The topological polar surface area (TPSA) is 23.8 Å². The lowest BCUT2D eigenvalue weighted by molar-refractivity contribution is 0.376. The summed E-state index contributed by atoms with van der Waals surface area (Å²) in [5.41, 5.74) is -1.56. The Balaban J connectivity index is 3.73. The Hall–Kier alpha value is -1.61. The summed E-state index contributed by atoms with van der Waals surface area (Å²) in [4.78, 5) is 0. The highest BCUT2D eigenvalue weighted by Gasteiger charge is 2.28. The van der Waals surface area contributed by atoms with Crippen molar-refractivity contribution in [2.45, 2.75) is 13.3 Å². The first kappa shape index (κ1) is 14.5. The maximum atomic E-state index is 13.3. The number of benzene rings is 1. The van der Waals surface area contributed by atoms with Crippen LogP contribution < -0.4 is 0 Å². The minimum atomic E-state index is -2.27. The molecule has 0 saturated heterocycles. The van der Waals surface area contributed by atoms with Crippen LogP contribution in [-0.2, 0) is 0 Å². The van der Waals surface area contributed by atoms with E-state index < -0.39 is 39.7 Å². The van der Waals surface area contributed by atoms with Crippen molar-refractivity contribution in [2.75, 3.05) is 0 Å². The molecular weight excluding hydrogens is 277 g/mol. The van der Waals surface area contributed by atoms with E-state index in [2.05, 4.69) is 0 Å². The second-order valence-corrected chi connectivity index (χ2v) is 3.58. The van der Waals surface area contributed by atoms with Crippen LogP contribution in [0.3, 0.4) is 0 Å². The van der Waals surface area contributed by atoms with Gasteiger partial charge in [-0.2, -0.15) is 5.26 Å². The van der Waals surface area contributed by atoms with E-state index in [9.17, 15) is 22.0 Å². The summed E-state index contributed by atoms with van der Waals surface area (Å²) in [5, 5.41) is 7.85. The van der Waals surface area contributed by atoms with E-state index in [1.165, 1.54) is 13.0 Å². The van der Waals surface area contributed by atoms with Gasteiger partial charge in [0.2, 0.25) is 5.82 Å². The molecule has 0 aliphatic rings. The number of nitrogens with zero attached hydrogens (tertiary/aromatic N) is 1. The third-order valence-corrected chi connectivity index (χ3v) is 2.60. The van der Waals surface area contributed by atoms with E-state index in [4.69, 9.17) is 16.9 Å². The van der Waals surface area contributed by atoms with Crippen LogP contribution in [0.15, 0.2) is 5.57 Å². The lowest BCUT2D eigenvalue weighted by Gasteiger charge is -2.08. The number of halogens is 6. The van der Waals surface area contributed by atoms with Crippen LogP contribution in [0, 0.1) is 40.4 Å². The summed E-state index contributed by atoms with van der Waals surface area (Å²) >= 11 is 5.50. The van der Waals surface area contributed by atoms with Crippen molar-refractivity contribution in [3.05, 3.63) is 40.2 Å². The van der Waals surface area contributed by atoms with Gasteiger partial charge < -0.3 is 0 Å². The zero-order valence-electron chi connectivity index (χ0n) is 8.92. The molecule has 0 spiro atoms. The molecule has 0 fully saturated rings. The normalized spacial score (nSPS) is 12.1. The van der Waals surface area contributed by atoms with Gasteiger partial charge in [-0.05, 0) is 6.42 Å². The zero-order chi connectivity index (χ0) is 14.0. The Morgan fingerprint density at radius 2 is 1.39 bits per heavy atom. The fourth-order valence-electron chi connectivity index (χ4n) is 1.23. The molecule has 0 aliphatic carbocycles. The van der Waals surface area contributed by atoms with Gasteiger partial charge in [-0.1, -0.05) is 18.5 Å². The Bertz CT molecular complexity index is 545. The number of rotatable bonds is 2. The van der Waals surface area contributed by atoms with Crippen molar-refractivity contribution in [1.29, 1.82) is 5.26 Å². The first-order valence-corrected chi connectivity index (χ1v) is 5.05. The van der Waals surface area contributed by atoms with Crippen LogP contribution in [0.5, 0.6) is 0 Å². The van der Waals surface area contributed by atoms with Crippen molar-refractivity contribution >= 4 is 16.6 Å². The van der Waals surface area contributed by atoms with Crippen LogP contribution in [0.1, 0.15) is 18.9 Å². The highest BCUT2D eigenvalue weighted by atomic mass is 35.5. The molecule has 1 aromatic carbocycles.